The fraction of sp³-hybridized carbons (Fsp3) is 0. The maximum atomic E-state index is 3.58. The molecule has 0 atom stereocenters. The van der Waals surface area contributed by atoms with Gasteiger partial charge < -0.3 is 0 Å². The molecule has 0 saturated carbocycles. The molecule has 0 radical (unpaired) electrons. The van der Waals surface area contributed by atoms with Gasteiger partial charge in [-0.15, -0.1) is 0 Å². The van der Waals surface area contributed by atoms with Crippen molar-refractivity contribution in [2.45, 2.75) is 0 Å². The van der Waals surface area contributed by atoms with Crippen molar-refractivity contribution in [2.24, 2.45) is 3.92 Å². The van der Waals surface area contributed by atoms with Gasteiger partial charge in [0.1, 0.15) is 0 Å². The molecule has 0 fully saturated rings. The second-order valence-electron chi connectivity index (χ2n) is 0.213. The van der Waals surface area contributed by atoms with E-state index in [9.17, 15) is 0 Å². The van der Waals surface area contributed by atoms with Crippen molar-refractivity contribution >= 4 is 35.0 Å². The summed E-state index contributed by atoms with van der Waals surface area (Å²) in [5.41, 5.74) is 0. The van der Waals surface area contributed by atoms with Crippen LogP contribution in [0, 0.1) is 0 Å². The minimum absolute atomic E-state index is 1.36. The Morgan fingerprint density at radius 2 is 2.25 bits per heavy atom. The summed E-state index contributed by atoms with van der Waals surface area (Å²) >= 11 is 6.32. The Bertz CT molecular complexity index is 23.2. The summed E-state index contributed by atoms with van der Waals surface area (Å²) in [6.45, 7) is 0. The molecule has 0 aromatic heterocycles. The normalized spacial score (nSPS) is 7.50. The SMILES string of the molecule is S/B=N/Br. The van der Waals surface area contributed by atoms with E-state index in [4.69, 9.17) is 0 Å². The molecule has 4 heteroatoms. The van der Waals surface area contributed by atoms with Gasteiger partial charge in [-0.3, -0.25) is 0 Å². The molecule has 0 aliphatic rings. The quantitative estimate of drug-likeness (QED) is 0.379. The van der Waals surface area contributed by atoms with E-state index in [0.29, 0.717) is 0 Å². The molecule has 0 aliphatic heterocycles. The molecule has 1 nitrogen and oxygen atoms in total. The molecule has 0 aliphatic carbocycles. The summed E-state index contributed by atoms with van der Waals surface area (Å²) in [5.74, 6) is 0. The van der Waals surface area contributed by atoms with Crippen molar-refractivity contribution in [1.29, 1.82) is 0 Å². The number of rotatable bonds is 0. The molecule has 0 bridgehead atoms. The second kappa shape index (κ2) is 3.69. The number of hydrogen-bond acceptors (Lipinski definition) is 1. The average molecular weight is 138 g/mol. The zero-order chi connectivity index (χ0) is 3.41. The van der Waals surface area contributed by atoms with E-state index in [-0.39, 0.29) is 0 Å². The van der Waals surface area contributed by atoms with Crippen molar-refractivity contribution < 1.29 is 0 Å². The predicted molar refractivity (Wildman–Crippen MR) is 26.1 cm³/mol. The molecule has 0 rings (SSSR count). The molecule has 4 heavy (non-hydrogen) atoms. The third-order valence-electron chi connectivity index (χ3n) is 0.0436. The molecule has 0 amide bonds. The van der Waals surface area contributed by atoms with Gasteiger partial charge >= 0.3 is 38.9 Å². The van der Waals surface area contributed by atoms with Crippen LogP contribution in [0.3, 0.4) is 0 Å². The van der Waals surface area contributed by atoms with Gasteiger partial charge in [-0.1, -0.05) is 0 Å². The monoisotopic (exact) mass is 137 g/mol. The van der Waals surface area contributed by atoms with E-state index >= 15 is 0 Å². The zero-order valence-corrected chi connectivity index (χ0v) is 4.33. The molecule has 0 unspecified atom stereocenters. The van der Waals surface area contributed by atoms with E-state index in [0.717, 1.165) is 0 Å². The molecule has 0 saturated heterocycles. The first-order valence-corrected chi connectivity index (χ1v) is 1.91. The topological polar surface area (TPSA) is 12.4 Å². The van der Waals surface area contributed by atoms with Crippen LogP contribution in [0.1, 0.15) is 0 Å². The Balaban J connectivity index is 2.55. The van der Waals surface area contributed by atoms with Gasteiger partial charge in [-0.25, -0.2) is 0 Å². The van der Waals surface area contributed by atoms with Gasteiger partial charge in [0.15, 0.2) is 0 Å². The Labute approximate surface area is 39.4 Å². The number of thiol groups is 1. The first kappa shape index (κ1) is 4.69. The van der Waals surface area contributed by atoms with E-state index < -0.39 is 0 Å². The molecule has 0 aromatic rings. The van der Waals surface area contributed by atoms with Gasteiger partial charge in [0.25, 0.3) is 0 Å². The molecule has 0 heterocycles. The fourth-order valence-corrected chi connectivity index (χ4v) is 0. The Hall–Kier alpha value is 0.695. The minimum atomic E-state index is 1.36. The molecule has 0 aromatic carbocycles. The number of hydrogen-bond donors (Lipinski definition) is 1. The average Bonchev–Trinajstić information content (AvgIpc) is 1.37. The fourth-order valence-electron chi connectivity index (χ4n) is 0. The summed E-state index contributed by atoms with van der Waals surface area (Å²) in [6, 6.07) is 0. The van der Waals surface area contributed by atoms with Crippen molar-refractivity contribution in [1.82, 2.24) is 0 Å². The van der Waals surface area contributed by atoms with Crippen molar-refractivity contribution in [3.63, 3.8) is 0 Å². The molecule has 0 spiro atoms. The van der Waals surface area contributed by atoms with Crippen LogP contribution in [0.5, 0.6) is 0 Å². The van der Waals surface area contributed by atoms with Crippen LogP contribution >= 0.6 is 28.6 Å². The first-order chi connectivity index (χ1) is 1.91. The van der Waals surface area contributed by atoms with Crippen molar-refractivity contribution in [3.8, 4) is 0 Å². The molecular weight excluding hydrogens is 137 g/mol. The zero-order valence-electron chi connectivity index (χ0n) is 1.85. The van der Waals surface area contributed by atoms with Crippen molar-refractivity contribution in [3.05, 3.63) is 0 Å². The predicted octanol–water partition coefficient (Wildman–Crippen LogP) is 1.03. The van der Waals surface area contributed by atoms with Crippen LogP contribution in [0.15, 0.2) is 3.92 Å². The third kappa shape index (κ3) is 2.69. The maximum absolute atomic E-state index is 3.58. The van der Waals surface area contributed by atoms with Crippen LogP contribution in [0.25, 0.3) is 0 Å². The van der Waals surface area contributed by atoms with Crippen LogP contribution in [-0.2, 0) is 0 Å². The Morgan fingerprint density at radius 3 is 2.25 bits per heavy atom. The van der Waals surface area contributed by atoms with Crippen molar-refractivity contribution in [2.75, 3.05) is 0 Å². The summed E-state index contributed by atoms with van der Waals surface area (Å²) in [7, 11) is 0. The van der Waals surface area contributed by atoms with Gasteiger partial charge in [0.2, 0.25) is 0 Å². The number of halogens is 1. The summed E-state index contributed by atoms with van der Waals surface area (Å²) in [5, 5.41) is 0. The van der Waals surface area contributed by atoms with E-state index in [1.54, 1.807) is 0 Å². The first-order valence-electron chi connectivity index (χ1n) is 0.685. The summed E-state index contributed by atoms with van der Waals surface area (Å²) in [4.78, 5) is 0. The van der Waals surface area contributed by atoms with E-state index in [2.05, 4.69) is 32.5 Å². The van der Waals surface area contributed by atoms with Gasteiger partial charge in [0, 0.05) is 0 Å². The van der Waals surface area contributed by atoms with Crippen LogP contribution in [0.2, 0.25) is 0 Å². The molecular formula is HBBrNS. The third-order valence-corrected chi connectivity index (χ3v) is 0.680. The Morgan fingerprint density at radius 1 is 2.00 bits per heavy atom. The second-order valence-corrected chi connectivity index (χ2v) is 0.854. The van der Waals surface area contributed by atoms with E-state index in [1.807, 2.05) is 0 Å². The number of nitrogens with zero attached hydrogens (tertiary/aromatic N) is 1. The van der Waals surface area contributed by atoms with Gasteiger partial charge in [0.05, 0.1) is 0 Å². The van der Waals surface area contributed by atoms with E-state index in [1.165, 1.54) is 6.35 Å². The Kier molecular flexibility index (Phi) is 4.34. The standard InChI is InChI=1S/BBrHNS/c2-3-1-4/h4H. The van der Waals surface area contributed by atoms with Gasteiger partial charge in [-0.05, 0) is 0 Å². The molecule has 0 N–H and O–H groups in total. The van der Waals surface area contributed by atoms with Crippen LogP contribution < -0.4 is 0 Å². The van der Waals surface area contributed by atoms with Gasteiger partial charge in [-0.2, -0.15) is 0 Å². The summed E-state index contributed by atoms with van der Waals surface area (Å²) in [6.07, 6.45) is 1.36. The van der Waals surface area contributed by atoms with Crippen LogP contribution in [-0.4, -0.2) is 6.35 Å². The summed E-state index contributed by atoms with van der Waals surface area (Å²) < 4.78 is 3.29. The van der Waals surface area contributed by atoms with Crippen LogP contribution in [0.4, 0.5) is 0 Å². The molecule has 22 valence electrons.